The van der Waals surface area contributed by atoms with Crippen molar-refractivity contribution in [2.45, 2.75) is 63.9 Å². The quantitative estimate of drug-likeness (QED) is 0.181. The fourth-order valence-electron chi connectivity index (χ4n) is 4.97. The molecule has 7 heteroatoms. The number of benzene rings is 1. The predicted octanol–water partition coefficient (Wildman–Crippen LogP) is 4.51. The van der Waals surface area contributed by atoms with Crippen molar-refractivity contribution in [2.75, 3.05) is 47.6 Å². The van der Waals surface area contributed by atoms with E-state index >= 15 is 0 Å². The molecule has 1 saturated carbocycles. The predicted molar refractivity (Wildman–Crippen MR) is 141 cm³/mol. The molecule has 1 aromatic rings. The molecule has 36 heavy (non-hydrogen) atoms. The summed E-state index contributed by atoms with van der Waals surface area (Å²) in [6, 6.07) is 7.65. The van der Waals surface area contributed by atoms with Crippen LogP contribution in [0.4, 0.5) is 0 Å². The van der Waals surface area contributed by atoms with Crippen LogP contribution in [0.2, 0.25) is 0 Å². The molecular formula is C29H43NO6. The van der Waals surface area contributed by atoms with Crippen molar-refractivity contribution in [1.82, 2.24) is 4.90 Å². The Morgan fingerprint density at radius 2 is 1.92 bits per heavy atom. The van der Waals surface area contributed by atoms with Gasteiger partial charge in [0.15, 0.2) is 0 Å². The maximum Gasteiger partial charge on any atom is 0.331 e. The van der Waals surface area contributed by atoms with Gasteiger partial charge < -0.3 is 28.6 Å². The molecule has 0 amide bonds. The van der Waals surface area contributed by atoms with Gasteiger partial charge in [-0.25, -0.2) is 4.79 Å². The van der Waals surface area contributed by atoms with Crippen molar-refractivity contribution >= 4 is 12.0 Å². The molecule has 1 aromatic carbocycles. The fourth-order valence-corrected chi connectivity index (χ4v) is 4.97. The van der Waals surface area contributed by atoms with Crippen LogP contribution in [-0.4, -0.2) is 81.8 Å². The van der Waals surface area contributed by atoms with Gasteiger partial charge in [0.1, 0.15) is 24.6 Å². The summed E-state index contributed by atoms with van der Waals surface area (Å²) >= 11 is 0. The van der Waals surface area contributed by atoms with Gasteiger partial charge in [0.05, 0.1) is 24.4 Å². The van der Waals surface area contributed by atoms with Gasteiger partial charge in [0.2, 0.25) is 0 Å². The topological polar surface area (TPSA) is 69.8 Å². The van der Waals surface area contributed by atoms with Crippen LogP contribution in [0, 0.1) is 5.92 Å². The summed E-state index contributed by atoms with van der Waals surface area (Å²) in [7, 11) is 5.69. The average Bonchev–Trinajstić information content (AvgIpc) is 3.58. The van der Waals surface area contributed by atoms with E-state index in [9.17, 15) is 4.79 Å². The largest absolute Gasteiger partial charge is 0.492 e. The molecule has 1 spiro atoms. The summed E-state index contributed by atoms with van der Waals surface area (Å²) in [4.78, 5) is 14.8. The number of likely N-dealkylation sites (N-methyl/N-ethyl adjacent to an activating group) is 1. The monoisotopic (exact) mass is 501 g/mol. The van der Waals surface area contributed by atoms with Crippen LogP contribution in [0.25, 0.3) is 6.08 Å². The molecular weight excluding hydrogens is 458 g/mol. The zero-order chi connectivity index (χ0) is 26.3. The van der Waals surface area contributed by atoms with E-state index in [4.69, 9.17) is 23.7 Å². The lowest BCUT2D eigenvalue weighted by Crippen LogP contribution is -2.58. The molecule has 0 aromatic heterocycles. The van der Waals surface area contributed by atoms with E-state index in [1.54, 1.807) is 13.2 Å². The number of epoxide rings is 1. The number of carbonyl (C=O) groups is 1. The summed E-state index contributed by atoms with van der Waals surface area (Å²) in [6.07, 6.45) is 6.10. The van der Waals surface area contributed by atoms with E-state index in [1.807, 2.05) is 38.4 Å². The normalized spacial score (nSPS) is 25.8. The van der Waals surface area contributed by atoms with E-state index in [0.717, 1.165) is 24.3 Å². The first-order valence-corrected chi connectivity index (χ1v) is 12.8. The van der Waals surface area contributed by atoms with E-state index < -0.39 is 5.60 Å². The number of hydrogen-bond donors (Lipinski definition) is 0. The lowest BCUT2D eigenvalue weighted by molar-refractivity contribution is -0.189. The van der Waals surface area contributed by atoms with Gasteiger partial charge >= 0.3 is 5.97 Å². The summed E-state index contributed by atoms with van der Waals surface area (Å²) in [5.74, 6) is 0.359. The zero-order valence-corrected chi connectivity index (χ0v) is 22.9. The summed E-state index contributed by atoms with van der Waals surface area (Å²) in [6.45, 7) is 10.9. The molecule has 3 rings (SSSR count). The van der Waals surface area contributed by atoms with E-state index in [1.165, 1.54) is 11.6 Å². The minimum Gasteiger partial charge on any atom is -0.492 e. The number of allylic oxidation sites excluding steroid dienone is 1. The Hall–Kier alpha value is -2.19. The molecule has 4 atom stereocenters. The highest BCUT2D eigenvalue weighted by Gasteiger charge is 2.64. The fraction of sp³-hybridized carbons (Fsp3) is 0.621. The van der Waals surface area contributed by atoms with Gasteiger partial charge in [-0.15, -0.1) is 0 Å². The Kier molecular flexibility index (Phi) is 9.75. The first kappa shape index (κ1) is 28.4. The van der Waals surface area contributed by atoms with E-state index in [-0.39, 0.29) is 29.7 Å². The maximum atomic E-state index is 12.7. The van der Waals surface area contributed by atoms with Crippen LogP contribution in [0.3, 0.4) is 0 Å². The van der Waals surface area contributed by atoms with Crippen LogP contribution in [0.15, 0.2) is 42.0 Å². The molecule has 1 aliphatic heterocycles. The molecule has 1 unspecified atom stereocenters. The van der Waals surface area contributed by atoms with Crippen molar-refractivity contribution in [3.63, 3.8) is 0 Å². The third kappa shape index (κ3) is 7.65. The second-order valence-electron chi connectivity index (χ2n) is 10.8. The van der Waals surface area contributed by atoms with Crippen LogP contribution < -0.4 is 4.74 Å². The number of carbonyl (C=O) groups excluding carboxylic acids is 1. The van der Waals surface area contributed by atoms with Gasteiger partial charge in [-0.2, -0.15) is 0 Å². The lowest BCUT2D eigenvalue weighted by atomic mass is 9.68. The number of hydrogen-bond acceptors (Lipinski definition) is 7. The Balaban J connectivity index is 1.61. The molecule has 200 valence electrons. The molecule has 1 heterocycles. The number of esters is 1. The van der Waals surface area contributed by atoms with Crippen LogP contribution in [-0.2, 0) is 23.7 Å². The smallest absolute Gasteiger partial charge is 0.331 e. The molecule has 0 N–H and O–H groups in total. The lowest BCUT2D eigenvalue weighted by Gasteiger charge is -2.47. The van der Waals surface area contributed by atoms with Gasteiger partial charge in [-0.05, 0) is 78.4 Å². The minimum absolute atomic E-state index is 0.0591. The van der Waals surface area contributed by atoms with E-state index in [2.05, 4.69) is 38.7 Å². The molecule has 2 fully saturated rings. The average molecular weight is 502 g/mol. The van der Waals surface area contributed by atoms with Gasteiger partial charge in [0.25, 0.3) is 0 Å². The van der Waals surface area contributed by atoms with Crippen molar-refractivity contribution < 1.29 is 28.5 Å². The second kappa shape index (κ2) is 12.4. The number of rotatable bonds is 12. The van der Waals surface area contributed by atoms with Crippen LogP contribution in [0.1, 0.15) is 46.1 Å². The molecule has 2 aliphatic rings. The van der Waals surface area contributed by atoms with Crippen LogP contribution >= 0.6 is 0 Å². The van der Waals surface area contributed by atoms with Crippen molar-refractivity contribution in [1.29, 1.82) is 0 Å². The standard InChI is InChI=1S/C29H43NO6/c1-21(2)15-18-34-28(3,4)27-26(32-7)24(14-16-29(27)20-35-29)36-25(31)13-10-22-8-11-23(12-9-22)33-19-17-30(5)6/h8-13,15,24,26-27H,14,16-20H2,1-7H3/b13-10+/t24-,26-,27?,29+/m1/s1. The molecule has 0 radical (unpaired) electrons. The number of methoxy groups -OCH3 is 1. The minimum atomic E-state index is -0.513. The summed E-state index contributed by atoms with van der Waals surface area (Å²) < 4.78 is 29.8. The molecule has 1 saturated heterocycles. The van der Waals surface area contributed by atoms with Gasteiger partial charge in [-0.1, -0.05) is 23.8 Å². The summed E-state index contributed by atoms with van der Waals surface area (Å²) in [5.41, 5.74) is 1.32. The highest BCUT2D eigenvalue weighted by Crippen LogP contribution is 2.52. The third-order valence-electron chi connectivity index (χ3n) is 6.96. The highest BCUT2D eigenvalue weighted by atomic mass is 16.6. The molecule has 1 aliphatic carbocycles. The summed E-state index contributed by atoms with van der Waals surface area (Å²) in [5, 5.41) is 0. The Morgan fingerprint density at radius 3 is 2.50 bits per heavy atom. The van der Waals surface area contributed by atoms with Crippen LogP contribution in [0.5, 0.6) is 5.75 Å². The SMILES string of the molecule is CO[C@H]1C(C(C)(C)OCC=C(C)C)[C@]2(CC[C@H]1OC(=O)/C=C/c1ccc(OCCN(C)C)cc1)CO2. The van der Waals surface area contributed by atoms with Gasteiger partial charge in [-0.3, -0.25) is 0 Å². The van der Waals surface area contributed by atoms with Crippen molar-refractivity contribution in [3.8, 4) is 5.75 Å². The highest BCUT2D eigenvalue weighted by molar-refractivity contribution is 5.87. The van der Waals surface area contributed by atoms with Crippen molar-refractivity contribution in [3.05, 3.63) is 47.6 Å². The first-order valence-electron chi connectivity index (χ1n) is 12.8. The Labute approximate surface area is 216 Å². The maximum absolute atomic E-state index is 12.7. The molecule has 7 nitrogen and oxygen atoms in total. The zero-order valence-electron chi connectivity index (χ0n) is 22.9. The Morgan fingerprint density at radius 1 is 1.22 bits per heavy atom. The van der Waals surface area contributed by atoms with E-state index in [0.29, 0.717) is 26.2 Å². The molecule has 0 bridgehead atoms. The Bertz CT molecular complexity index is 912. The van der Waals surface area contributed by atoms with Gasteiger partial charge in [0, 0.05) is 25.6 Å². The third-order valence-corrected chi connectivity index (χ3v) is 6.96. The van der Waals surface area contributed by atoms with Crippen molar-refractivity contribution in [2.24, 2.45) is 5.92 Å². The first-order chi connectivity index (χ1) is 17.1. The second-order valence-corrected chi connectivity index (χ2v) is 10.8. The number of nitrogens with zero attached hydrogens (tertiary/aromatic N) is 1. The number of ether oxygens (including phenoxy) is 5.